The maximum atomic E-state index is 11.7. The Balaban J connectivity index is 1.93. The number of carbonyl (C=O) groups is 1. The van der Waals surface area contributed by atoms with Crippen molar-refractivity contribution in [2.24, 2.45) is 5.10 Å². The predicted molar refractivity (Wildman–Crippen MR) is 97.9 cm³/mol. The smallest absolute Gasteiger partial charge is 0.277 e. The molecule has 0 spiro atoms. The van der Waals surface area contributed by atoms with Crippen molar-refractivity contribution in [3.05, 3.63) is 49.9 Å². The van der Waals surface area contributed by atoms with Crippen LogP contribution in [0.15, 0.2) is 44.4 Å². The van der Waals surface area contributed by atoms with Gasteiger partial charge in [0.1, 0.15) is 21.7 Å². The van der Waals surface area contributed by atoms with Crippen molar-refractivity contribution in [3.8, 4) is 17.2 Å². The van der Waals surface area contributed by atoms with Gasteiger partial charge in [0.2, 0.25) is 0 Å². The van der Waals surface area contributed by atoms with Gasteiger partial charge in [0.05, 0.1) is 10.7 Å². The summed E-state index contributed by atoms with van der Waals surface area (Å²) in [5.74, 6) is -0.360. The highest BCUT2D eigenvalue weighted by Gasteiger charge is 2.12. The quantitative estimate of drug-likeness (QED) is 0.450. The van der Waals surface area contributed by atoms with E-state index in [0.29, 0.717) is 20.8 Å². The number of rotatable bonds is 5. The summed E-state index contributed by atoms with van der Waals surface area (Å²) in [4.78, 5) is 11.7. The summed E-state index contributed by atoms with van der Waals surface area (Å²) in [6, 6.07) is 8.11. The Bertz CT molecular complexity index is 799. The monoisotopic (exact) mass is 476 g/mol. The normalized spacial score (nSPS) is 10.8. The van der Waals surface area contributed by atoms with Gasteiger partial charge >= 0.3 is 0 Å². The van der Waals surface area contributed by atoms with Crippen molar-refractivity contribution in [3.63, 3.8) is 0 Å². The number of aromatic hydroxyl groups is 2. The first-order chi connectivity index (χ1) is 11.4. The van der Waals surface area contributed by atoms with Gasteiger partial charge in [-0.3, -0.25) is 4.79 Å². The first-order valence-electron chi connectivity index (χ1n) is 6.48. The number of carbonyl (C=O) groups excluding carboxylic acids is 1. The molecule has 2 rings (SSSR count). The van der Waals surface area contributed by atoms with Gasteiger partial charge < -0.3 is 14.9 Å². The molecule has 0 aromatic heterocycles. The fourth-order valence-corrected chi connectivity index (χ4v) is 2.96. The molecule has 0 aliphatic rings. The molecule has 0 unspecified atom stereocenters. The number of halogens is 3. The van der Waals surface area contributed by atoms with E-state index in [2.05, 4.69) is 42.4 Å². The lowest BCUT2D eigenvalue weighted by molar-refractivity contribution is -0.123. The summed E-state index contributed by atoms with van der Waals surface area (Å²) >= 11 is 12.0. The van der Waals surface area contributed by atoms with Crippen molar-refractivity contribution in [2.45, 2.75) is 0 Å². The summed E-state index contributed by atoms with van der Waals surface area (Å²) < 4.78 is 5.75. The van der Waals surface area contributed by atoms with E-state index in [1.54, 1.807) is 24.3 Å². The molecule has 2 aromatic rings. The maximum Gasteiger partial charge on any atom is 0.277 e. The van der Waals surface area contributed by atoms with Crippen LogP contribution in [-0.4, -0.2) is 28.9 Å². The molecule has 6 nitrogen and oxygen atoms in total. The molecule has 126 valence electrons. The first-order valence-corrected chi connectivity index (χ1v) is 8.45. The van der Waals surface area contributed by atoms with Gasteiger partial charge in [-0.05, 0) is 56.1 Å². The molecule has 24 heavy (non-hydrogen) atoms. The van der Waals surface area contributed by atoms with E-state index >= 15 is 0 Å². The van der Waals surface area contributed by atoms with Crippen molar-refractivity contribution in [2.75, 3.05) is 6.61 Å². The Hall–Kier alpha value is -1.77. The van der Waals surface area contributed by atoms with Crippen molar-refractivity contribution in [1.29, 1.82) is 0 Å². The number of hydrogen-bond donors (Lipinski definition) is 3. The van der Waals surface area contributed by atoms with E-state index in [0.717, 1.165) is 0 Å². The van der Waals surface area contributed by atoms with Crippen LogP contribution in [0, 0.1) is 0 Å². The van der Waals surface area contributed by atoms with Crippen molar-refractivity contribution in [1.82, 2.24) is 5.43 Å². The number of hydrazone groups is 1. The molecule has 0 fully saturated rings. The SMILES string of the molecule is O=C(COc1cccc(Cl)c1)N/N=C/c1cc(Br)c(O)c(Br)c1O. The fourth-order valence-electron chi connectivity index (χ4n) is 1.63. The van der Waals surface area contributed by atoms with Crippen LogP contribution >= 0.6 is 43.5 Å². The van der Waals surface area contributed by atoms with Crippen LogP contribution in [0.4, 0.5) is 0 Å². The lowest BCUT2D eigenvalue weighted by Gasteiger charge is -2.07. The highest BCUT2D eigenvalue weighted by molar-refractivity contribution is 9.11. The Morgan fingerprint density at radius 1 is 1.29 bits per heavy atom. The fraction of sp³-hybridized carbons (Fsp3) is 0.0667. The van der Waals surface area contributed by atoms with Crippen molar-refractivity contribution >= 4 is 55.6 Å². The number of phenols is 2. The summed E-state index contributed by atoms with van der Waals surface area (Å²) in [5.41, 5.74) is 2.56. The number of hydrogen-bond acceptors (Lipinski definition) is 5. The molecule has 0 saturated carbocycles. The minimum absolute atomic E-state index is 0.119. The van der Waals surface area contributed by atoms with Crippen LogP contribution < -0.4 is 10.2 Å². The van der Waals surface area contributed by atoms with E-state index in [9.17, 15) is 15.0 Å². The topological polar surface area (TPSA) is 91.2 Å². The third-order valence-corrected chi connectivity index (χ3v) is 4.35. The molecule has 0 saturated heterocycles. The largest absolute Gasteiger partial charge is 0.506 e. The van der Waals surface area contributed by atoms with Crippen LogP contribution in [0.25, 0.3) is 0 Å². The van der Waals surface area contributed by atoms with E-state index in [1.165, 1.54) is 12.3 Å². The van der Waals surface area contributed by atoms with Crippen LogP contribution in [-0.2, 0) is 4.79 Å². The highest BCUT2D eigenvalue weighted by atomic mass is 79.9. The van der Waals surface area contributed by atoms with Crippen LogP contribution in [0.5, 0.6) is 17.2 Å². The summed E-state index contributed by atoms with van der Waals surface area (Å²) in [7, 11) is 0. The lowest BCUT2D eigenvalue weighted by Crippen LogP contribution is -2.24. The molecular formula is C15H11Br2ClN2O4. The van der Waals surface area contributed by atoms with Gasteiger partial charge in [0.25, 0.3) is 5.91 Å². The molecule has 0 heterocycles. The molecule has 2 aromatic carbocycles. The molecule has 3 N–H and O–H groups in total. The summed E-state index contributed by atoms with van der Waals surface area (Å²) in [5, 5.41) is 23.7. The first kappa shape index (κ1) is 18.6. The minimum Gasteiger partial charge on any atom is -0.506 e. The van der Waals surface area contributed by atoms with Gasteiger partial charge in [-0.1, -0.05) is 17.7 Å². The Kier molecular flexibility index (Phi) is 6.47. The second kappa shape index (κ2) is 8.36. The van der Waals surface area contributed by atoms with Crippen LogP contribution in [0.1, 0.15) is 5.56 Å². The second-order valence-corrected chi connectivity index (χ2v) is 6.58. The Morgan fingerprint density at radius 3 is 2.75 bits per heavy atom. The number of ether oxygens (including phenoxy) is 1. The molecule has 0 atom stereocenters. The van der Waals surface area contributed by atoms with Crippen LogP contribution in [0.3, 0.4) is 0 Å². The molecule has 0 aliphatic heterocycles. The maximum absolute atomic E-state index is 11.7. The number of phenolic OH excluding ortho intramolecular Hbond substituents is 2. The van der Waals surface area contributed by atoms with Crippen molar-refractivity contribution < 1.29 is 19.7 Å². The Labute approximate surface area is 159 Å². The predicted octanol–water partition coefficient (Wildman–Crippen LogP) is 3.81. The number of benzene rings is 2. The van der Waals surface area contributed by atoms with Gasteiger partial charge in [0.15, 0.2) is 6.61 Å². The average molecular weight is 479 g/mol. The van der Waals surface area contributed by atoms with Crippen LogP contribution in [0.2, 0.25) is 5.02 Å². The highest BCUT2D eigenvalue weighted by Crippen LogP contribution is 2.40. The lowest BCUT2D eigenvalue weighted by atomic mass is 10.2. The zero-order valence-corrected chi connectivity index (χ0v) is 15.9. The van der Waals surface area contributed by atoms with E-state index in [-0.39, 0.29) is 22.6 Å². The van der Waals surface area contributed by atoms with E-state index < -0.39 is 5.91 Å². The second-order valence-electron chi connectivity index (χ2n) is 4.50. The average Bonchev–Trinajstić information content (AvgIpc) is 2.55. The molecular weight excluding hydrogens is 467 g/mol. The third-order valence-electron chi connectivity index (χ3n) is 2.76. The van der Waals surface area contributed by atoms with Gasteiger partial charge in [0, 0.05) is 10.6 Å². The number of nitrogens with one attached hydrogen (secondary N) is 1. The molecule has 0 radical (unpaired) electrons. The van der Waals surface area contributed by atoms with E-state index in [4.69, 9.17) is 16.3 Å². The summed E-state index contributed by atoms with van der Waals surface area (Å²) in [6.07, 6.45) is 1.24. The molecule has 0 aliphatic carbocycles. The Morgan fingerprint density at radius 2 is 2.04 bits per heavy atom. The zero-order valence-electron chi connectivity index (χ0n) is 12.0. The van der Waals surface area contributed by atoms with E-state index in [1.807, 2.05) is 0 Å². The molecule has 9 heteroatoms. The van der Waals surface area contributed by atoms with Gasteiger partial charge in [-0.2, -0.15) is 5.10 Å². The zero-order chi connectivity index (χ0) is 17.7. The van der Waals surface area contributed by atoms with Gasteiger partial charge in [-0.15, -0.1) is 0 Å². The minimum atomic E-state index is -0.484. The van der Waals surface area contributed by atoms with Gasteiger partial charge in [-0.25, -0.2) is 5.43 Å². The summed E-state index contributed by atoms with van der Waals surface area (Å²) in [6.45, 7) is -0.243. The molecule has 1 amide bonds. The number of nitrogens with zero attached hydrogens (tertiary/aromatic N) is 1. The molecule has 0 bridgehead atoms. The standard InChI is InChI=1S/C15H11Br2ClN2O4/c16-11-4-8(14(22)13(17)15(11)23)6-19-20-12(21)7-24-10-3-1-2-9(18)5-10/h1-6,22-23H,7H2,(H,20,21)/b19-6+. The number of amides is 1. The third kappa shape index (κ3) is 4.86.